The lowest BCUT2D eigenvalue weighted by Gasteiger charge is -2.17. The van der Waals surface area contributed by atoms with Gasteiger partial charge in [0.1, 0.15) is 11.9 Å². The Morgan fingerprint density at radius 3 is 2.33 bits per heavy atom. The zero-order valence-corrected chi connectivity index (χ0v) is 12.7. The van der Waals surface area contributed by atoms with Crippen molar-refractivity contribution in [2.75, 3.05) is 5.33 Å². The van der Waals surface area contributed by atoms with E-state index in [2.05, 4.69) is 15.9 Å². The van der Waals surface area contributed by atoms with E-state index in [-0.39, 0.29) is 5.76 Å². The van der Waals surface area contributed by atoms with Gasteiger partial charge in [-0.1, -0.05) is 40.2 Å². The third kappa shape index (κ3) is 3.72. The molecule has 0 bridgehead atoms. The number of carboxylic acids is 1. The van der Waals surface area contributed by atoms with Crippen LogP contribution in [0.3, 0.4) is 0 Å². The summed E-state index contributed by atoms with van der Waals surface area (Å²) in [5.74, 6) is -0.803. The van der Waals surface area contributed by atoms with Gasteiger partial charge in [0, 0.05) is 10.9 Å². The second-order valence-electron chi connectivity index (χ2n) is 4.58. The molecule has 1 aromatic carbocycles. The molecule has 112 valence electrons. The van der Waals surface area contributed by atoms with Crippen LogP contribution in [0.4, 0.5) is 0 Å². The molecule has 0 saturated carbocycles. The molecule has 0 radical (unpaired) electrons. The van der Waals surface area contributed by atoms with E-state index in [1.165, 1.54) is 6.07 Å². The minimum Gasteiger partial charge on any atom is -0.475 e. The molecule has 3 N–H and O–H groups in total. The van der Waals surface area contributed by atoms with Gasteiger partial charge >= 0.3 is 5.97 Å². The number of carboxylic acid groups (broad SMARTS) is 1. The minimum atomic E-state index is -1.12. The molecule has 21 heavy (non-hydrogen) atoms. The molecule has 2 unspecified atom stereocenters. The fourth-order valence-electron chi connectivity index (χ4n) is 1.94. The van der Waals surface area contributed by atoms with Crippen LogP contribution in [0.15, 0.2) is 40.8 Å². The van der Waals surface area contributed by atoms with Crippen LogP contribution in [-0.2, 0) is 0 Å². The van der Waals surface area contributed by atoms with E-state index < -0.39 is 18.2 Å². The zero-order chi connectivity index (χ0) is 15.4. The van der Waals surface area contributed by atoms with E-state index in [0.29, 0.717) is 28.6 Å². The zero-order valence-electron chi connectivity index (χ0n) is 11.1. The van der Waals surface area contributed by atoms with Gasteiger partial charge in [-0.05, 0) is 24.1 Å². The van der Waals surface area contributed by atoms with Gasteiger partial charge in [0.25, 0.3) is 0 Å². The lowest BCUT2D eigenvalue weighted by molar-refractivity contribution is 0.0174. The molecule has 2 aromatic rings. The molecule has 0 amide bonds. The summed E-state index contributed by atoms with van der Waals surface area (Å²) in [6.07, 6.45) is -1.34. The standard InChI is InChI=1S/C15H15BrO5/c16-8-7-11(17)14(18)10-3-1-9(2-4-10)12-5-6-13(21-12)15(19)20/h1-6,11,14,17-18H,7-8H2,(H,19,20). The molecule has 1 heterocycles. The van der Waals surface area contributed by atoms with Gasteiger partial charge in [0.15, 0.2) is 0 Å². The van der Waals surface area contributed by atoms with Crippen LogP contribution in [0.5, 0.6) is 0 Å². The molecular weight excluding hydrogens is 340 g/mol. The van der Waals surface area contributed by atoms with Crippen LogP contribution in [0.25, 0.3) is 11.3 Å². The second kappa shape index (κ2) is 6.89. The Kier molecular flexibility index (Phi) is 5.17. The number of benzene rings is 1. The number of hydrogen-bond donors (Lipinski definition) is 3. The van der Waals surface area contributed by atoms with Crippen molar-refractivity contribution in [2.45, 2.75) is 18.6 Å². The average Bonchev–Trinajstić information content (AvgIpc) is 2.97. The minimum absolute atomic E-state index is 0.123. The molecule has 0 aliphatic heterocycles. The molecule has 0 fully saturated rings. The highest BCUT2D eigenvalue weighted by molar-refractivity contribution is 9.09. The van der Waals surface area contributed by atoms with E-state index >= 15 is 0 Å². The van der Waals surface area contributed by atoms with Crippen LogP contribution in [0.1, 0.15) is 28.6 Å². The highest BCUT2D eigenvalue weighted by Crippen LogP contribution is 2.26. The van der Waals surface area contributed by atoms with Gasteiger partial charge in [-0.2, -0.15) is 0 Å². The number of alkyl halides is 1. The van der Waals surface area contributed by atoms with Crippen LogP contribution in [0.2, 0.25) is 0 Å². The van der Waals surface area contributed by atoms with Crippen molar-refractivity contribution in [2.24, 2.45) is 0 Å². The summed E-state index contributed by atoms with van der Waals surface area (Å²) < 4.78 is 5.20. The predicted octanol–water partition coefficient (Wildman–Crippen LogP) is 2.82. The summed E-state index contributed by atoms with van der Waals surface area (Å²) in [4.78, 5) is 10.8. The summed E-state index contributed by atoms with van der Waals surface area (Å²) in [7, 11) is 0. The highest BCUT2D eigenvalue weighted by Gasteiger charge is 2.18. The fourth-order valence-corrected chi connectivity index (χ4v) is 2.41. The van der Waals surface area contributed by atoms with Crippen molar-refractivity contribution in [3.05, 3.63) is 47.7 Å². The van der Waals surface area contributed by atoms with Crippen molar-refractivity contribution in [3.63, 3.8) is 0 Å². The van der Waals surface area contributed by atoms with Crippen LogP contribution < -0.4 is 0 Å². The van der Waals surface area contributed by atoms with Crippen molar-refractivity contribution < 1.29 is 24.5 Å². The number of aromatic carboxylic acids is 1. The van der Waals surface area contributed by atoms with Gasteiger partial charge in [-0.15, -0.1) is 0 Å². The SMILES string of the molecule is O=C(O)c1ccc(-c2ccc(C(O)C(O)CCBr)cc2)o1. The highest BCUT2D eigenvalue weighted by atomic mass is 79.9. The van der Waals surface area contributed by atoms with E-state index in [4.69, 9.17) is 9.52 Å². The van der Waals surface area contributed by atoms with Gasteiger partial charge in [0.05, 0.1) is 6.10 Å². The lowest BCUT2D eigenvalue weighted by atomic mass is 10.0. The monoisotopic (exact) mass is 354 g/mol. The molecule has 5 nitrogen and oxygen atoms in total. The number of aliphatic hydroxyl groups excluding tert-OH is 2. The largest absolute Gasteiger partial charge is 0.475 e. The van der Waals surface area contributed by atoms with Gasteiger partial charge in [0.2, 0.25) is 5.76 Å². The Morgan fingerprint density at radius 2 is 1.81 bits per heavy atom. The summed E-state index contributed by atoms with van der Waals surface area (Å²) >= 11 is 3.22. The van der Waals surface area contributed by atoms with Crippen molar-refractivity contribution in [3.8, 4) is 11.3 Å². The van der Waals surface area contributed by atoms with Crippen molar-refractivity contribution in [1.82, 2.24) is 0 Å². The van der Waals surface area contributed by atoms with E-state index in [1.807, 2.05) is 0 Å². The number of aliphatic hydroxyl groups is 2. The number of rotatable bonds is 6. The molecule has 0 aliphatic carbocycles. The third-order valence-corrected chi connectivity index (χ3v) is 3.58. The van der Waals surface area contributed by atoms with Crippen molar-refractivity contribution >= 4 is 21.9 Å². The van der Waals surface area contributed by atoms with E-state index in [0.717, 1.165) is 0 Å². The Balaban J connectivity index is 2.16. The topological polar surface area (TPSA) is 90.9 Å². The summed E-state index contributed by atoms with van der Waals surface area (Å²) in [5, 5.41) is 29.2. The first-order chi connectivity index (χ1) is 10.0. The number of halogens is 1. The molecule has 0 spiro atoms. The van der Waals surface area contributed by atoms with Crippen LogP contribution in [-0.4, -0.2) is 32.7 Å². The summed E-state index contributed by atoms with van der Waals surface area (Å²) in [6, 6.07) is 9.75. The number of carbonyl (C=O) groups is 1. The van der Waals surface area contributed by atoms with Crippen LogP contribution in [0, 0.1) is 0 Å². The third-order valence-electron chi connectivity index (χ3n) is 3.12. The number of furan rings is 1. The van der Waals surface area contributed by atoms with E-state index in [1.54, 1.807) is 30.3 Å². The number of hydrogen-bond acceptors (Lipinski definition) is 4. The maximum Gasteiger partial charge on any atom is 0.371 e. The maximum atomic E-state index is 10.8. The first-order valence-electron chi connectivity index (χ1n) is 6.38. The molecule has 2 rings (SSSR count). The average molecular weight is 355 g/mol. The second-order valence-corrected chi connectivity index (χ2v) is 5.37. The Bertz CT molecular complexity index is 605. The quantitative estimate of drug-likeness (QED) is 0.693. The fraction of sp³-hybridized carbons (Fsp3) is 0.267. The van der Waals surface area contributed by atoms with E-state index in [9.17, 15) is 15.0 Å². The Morgan fingerprint density at radius 1 is 1.14 bits per heavy atom. The molecular formula is C15H15BrO5. The van der Waals surface area contributed by atoms with Gasteiger partial charge in [-0.3, -0.25) is 0 Å². The molecule has 0 saturated heterocycles. The maximum absolute atomic E-state index is 10.8. The first-order valence-corrected chi connectivity index (χ1v) is 7.50. The Labute approximate surface area is 130 Å². The van der Waals surface area contributed by atoms with Crippen LogP contribution >= 0.6 is 15.9 Å². The first kappa shape index (κ1) is 15.8. The molecule has 0 aliphatic rings. The lowest BCUT2D eigenvalue weighted by Crippen LogP contribution is -2.18. The predicted molar refractivity (Wildman–Crippen MR) is 80.5 cm³/mol. The smallest absolute Gasteiger partial charge is 0.371 e. The normalized spacial score (nSPS) is 13.9. The molecule has 1 aromatic heterocycles. The molecule has 2 atom stereocenters. The van der Waals surface area contributed by atoms with Gasteiger partial charge < -0.3 is 19.7 Å². The van der Waals surface area contributed by atoms with Gasteiger partial charge in [-0.25, -0.2) is 4.79 Å². The summed E-state index contributed by atoms with van der Waals surface area (Å²) in [6.45, 7) is 0. The molecule has 6 heteroatoms. The van der Waals surface area contributed by atoms with Crippen molar-refractivity contribution in [1.29, 1.82) is 0 Å². The Hall–Kier alpha value is -1.63. The summed E-state index contributed by atoms with van der Waals surface area (Å²) in [5.41, 5.74) is 1.30.